The van der Waals surface area contributed by atoms with Crippen molar-refractivity contribution < 1.29 is 24.5 Å². The molecule has 4 rings (SSSR count). The molecule has 7 heteroatoms. The molecule has 0 bridgehead atoms. The number of thioether (sulfide) groups is 1. The first-order valence-corrected chi connectivity index (χ1v) is 13.7. The van der Waals surface area contributed by atoms with Gasteiger partial charge in [-0.3, -0.25) is 9.59 Å². The van der Waals surface area contributed by atoms with E-state index in [1.807, 2.05) is 83.2 Å². The number of aliphatic carboxylic acids is 2. The van der Waals surface area contributed by atoms with Crippen LogP contribution in [0.1, 0.15) is 35.1 Å². The second kappa shape index (κ2) is 13.5. The van der Waals surface area contributed by atoms with Gasteiger partial charge in [-0.15, -0.1) is 0 Å². The molecule has 0 saturated heterocycles. The number of aromatic nitrogens is 1. The summed E-state index contributed by atoms with van der Waals surface area (Å²) in [5.74, 6) is 0.971. The van der Waals surface area contributed by atoms with Crippen molar-refractivity contribution in [3.63, 3.8) is 0 Å². The molecular weight excluding hydrogens is 498 g/mol. The third-order valence-corrected chi connectivity index (χ3v) is 7.08. The highest BCUT2D eigenvalue weighted by atomic mass is 32.2. The summed E-state index contributed by atoms with van der Waals surface area (Å²) in [5, 5.41) is 19.3. The molecular formula is C31H31NO5S. The van der Waals surface area contributed by atoms with E-state index in [9.17, 15) is 14.7 Å². The second-order valence-electron chi connectivity index (χ2n) is 8.95. The molecule has 2 N–H and O–H groups in total. The smallest absolute Gasteiger partial charge is 0.307 e. The van der Waals surface area contributed by atoms with Gasteiger partial charge in [-0.05, 0) is 46.9 Å². The van der Waals surface area contributed by atoms with Gasteiger partial charge in [0.15, 0.2) is 0 Å². The Hall–Kier alpha value is -3.97. The molecule has 1 heterocycles. The fraction of sp³-hybridized carbons (Fsp3) is 0.226. The monoisotopic (exact) mass is 529 g/mol. The van der Waals surface area contributed by atoms with E-state index in [1.165, 1.54) is 5.56 Å². The van der Waals surface area contributed by atoms with Gasteiger partial charge in [-0.2, -0.15) is 11.8 Å². The lowest BCUT2D eigenvalue weighted by Crippen LogP contribution is -2.01. The number of carboxylic acids is 2. The van der Waals surface area contributed by atoms with Crippen LogP contribution in [-0.4, -0.2) is 39.1 Å². The molecule has 38 heavy (non-hydrogen) atoms. The Morgan fingerprint density at radius 3 is 2.42 bits per heavy atom. The predicted octanol–water partition coefficient (Wildman–Crippen LogP) is 6.62. The molecule has 0 aliphatic carbocycles. The summed E-state index contributed by atoms with van der Waals surface area (Å²) >= 11 is 1.85. The van der Waals surface area contributed by atoms with E-state index in [0.29, 0.717) is 19.6 Å². The van der Waals surface area contributed by atoms with Gasteiger partial charge in [0.1, 0.15) is 5.75 Å². The molecule has 0 fully saturated rings. The number of aryl methyl sites for hydroxylation is 1. The van der Waals surface area contributed by atoms with E-state index >= 15 is 0 Å². The number of nitrogens with zero attached hydrogens (tertiary/aromatic N) is 1. The number of hydrogen-bond donors (Lipinski definition) is 2. The topological polar surface area (TPSA) is 88.8 Å². The first kappa shape index (κ1) is 27.1. The van der Waals surface area contributed by atoms with Gasteiger partial charge in [-0.1, -0.05) is 66.7 Å². The lowest BCUT2D eigenvalue weighted by atomic mass is 10.0. The molecule has 4 aromatic rings. The van der Waals surface area contributed by atoms with Crippen LogP contribution in [0.2, 0.25) is 0 Å². The van der Waals surface area contributed by atoms with Crippen molar-refractivity contribution in [2.45, 2.75) is 31.6 Å². The predicted molar refractivity (Wildman–Crippen MR) is 154 cm³/mol. The highest BCUT2D eigenvalue weighted by Gasteiger charge is 2.14. The molecule has 0 aliphatic rings. The van der Waals surface area contributed by atoms with Crippen molar-refractivity contribution in [1.82, 2.24) is 4.57 Å². The van der Waals surface area contributed by atoms with Crippen LogP contribution in [0.15, 0.2) is 79.0 Å². The summed E-state index contributed by atoms with van der Waals surface area (Å²) in [6.07, 6.45) is 6.28. The Kier molecular flexibility index (Phi) is 9.65. The average Bonchev–Trinajstić information content (AvgIpc) is 3.25. The second-order valence-corrected chi connectivity index (χ2v) is 10.1. The van der Waals surface area contributed by atoms with Crippen LogP contribution >= 0.6 is 11.8 Å². The van der Waals surface area contributed by atoms with E-state index in [2.05, 4.69) is 24.3 Å². The van der Waals surface area contributed by atoms with Crippen LogP contribution in [0.4, 0.5) is 0 Å². The lowest BCUT2D eigenvalue weighted by Gasteiger charge is -2.07. The average molecular weight is 530 g/mol. The molecule has 0 saturated carbocycles. The SMILES string of the molecule is O=C(O)CCCn1cc(CC(=O)O)c2c(C=Cc3ccc(OCCSCc4ccccc4)cc3)cccc21. The third-order valence-electron chi connectivity index (χ3n) is 6.09. The van der Waals surface area contributed by atoms with Crippen LogP contribution in [0.3, 0.4) is 0 Å². The fourth-order valence-corrected chi connectivity index (χ4v) is 5.11. The number of fused-ring (bicyclic) bond motifs is 1. The summed E-state index contributed by atoms with van der Waals surface area (Å²) in [6.45, 7) is 1.16. The van der Waals surface area contributed by atoms with Crippen LogP contribution in [0.5, 0.6) is 5.75 Å². The Morgan fingerprint density at radius 2 is 1.68 bits per heavy atom. The molecule has 6 nitrogen and oxygen atoms in total. The number of hydrogen-bond acceptors (Lipinski definition) is 4. The van der Waals surface area contributed by atoms with Crippen molar-refractivity contribution in [3.8, 4) is 5.75 Å². The van der Waals surface area contributed by atoms with E-state index in [4.69, 9.17) is 9.84 Å². The zero-order valence-electron chi connectivity index (χ0n) is 21.1. The maximum absolute atomic E-state index is 11.5. The minimum atomic E-state index is -0.901. The lowest BCUT2D eigenvalue weighted by molar-refractivity contribution is -0.137. The van der Waals surface area contributed by atoms with E-state index in [0.717, 1.165) is 44.8 Å². The summed E-state index contributed by atoms with van der Waals surface area (Å²) in [5.41, 5.74) is 4.87. The minimum Gasteiger partial charge on any atom is -0.493 e. The molecule has 0 aliphatic heterocycles. The Morgan fingerprint density at radius 1 is 0.895 bits per heavy atom. The first-order valence-electron chi connectivity index (χ1n) is 12.6. The van der Waals surface area contributed by atoms with E-state index in [1.54, 1.807) is 0 Å². The number of ether oxygens (including phenoxy) is 1. The van der Waals surface area contributed by atoms with Crippen molar-refractivity contribution in [1.29, 1.82) is 0 Å². The number of carboxylic acid groups (broad SMARTS) is 2. The van der Waals surface area contributed by atoms with Gasteiger partial charge in [-0.25, -0.2) is 0 Å². The Balaban J connectivity index is 1.40. The summed E-state index contributed by atoms with van der Waals surface area (Å²) in [7, 11) is 0. The van der Waals surface area contributed by atoms with Crippen molar-refractivity contribution >= 4 is 46.8 Å². The maximum atomic E-state index is 11.5. The zero-order chi connectivity index (χ0) is 26.7. The van der Waals surface area contributed by atoms with Gasteiger partial charge in [0.2, 0.25) is 0 Å². The quantitative estimate of drug-likeness (QED) is 0.141. The molecule has 0 unspecified atom stereocenters. The fourth-order valence-electron chi connectivity index (χ4n) is 4.33. The van der Waals surface area contributed by atoms with Gasteiger partial charge in [0.05, 0.1) is 13.0 Å². The van der Waals surface area contributed by atoms with Crippen LogP contribution < -0.4 is 4.74 Å². The normalized spacial score (nSPS) is 11.3. The number of benzene rings is 3. The van der Waals surface area contributed by atoms with Crippen molar-refractivity contribution in [2.24, 2.45) is 0 Å². The third kappa shape index (κ3) is 7.76. The first-order chi connectivity index (χ1) is 18.5. The Labute approximate surface area is 226 Å². The highest BCUT2D eigenvalue weighted by molar-refractivity contribution is 7.98. The van der Waals surface area contributed by atoms with E-state index < -0.39 is 11.9 Å². The number of rotatable bonds is 14. The van der Waals surface area contributed by atoms with Gasteiger partial charge in [0, 0.05) is 41.6 Å². The van der Waals surface area contributed by atoms with Gasteiger partial charge in [0.25, 0.3) is 0 Å². The molecule has 3 aromatic carbocycles. The number of carbonyl (C=O) groups is 2. The summed E-state index contributed by atoms with van der Waals surface area (Å²) < 4.78 is 7.84. The minimum absolute atomic E-state index is 0.0692. The van der Waals surface area contributed by atoms with Crippen molar-refractivity contribution in [3.05, 3.63) is 101 Å². The highest BCUT2D eigenvalue weighted by Crippen LogP contribution is 2.28. The van der Waals surface area contributed by atoms with Gasteiger partial charge < -0.3 is 19.5 Å². The van der Waals surface area contributed by atoms with Gasteiger partial charge >= 0.3 is 11.9 Å². The molecule has 0 amide bonds. The molecule has 0 spiro atoms. The van der Waals surface area contributed by atoms with E-state index in [-0.39, 0.29) is 12.8 Å². The maximum Gasteiger partial charge on any atom is 0.307 e. The van der Waals surface area contributed by atoms with Crippen LogP contribution in [0, 0.1) is 0 Å². The molecule has 196 valence electrons. The van der Waals surface area contributed by atoms with Crippen LogP contribution in [-0.2, 0) is 28.3 Å². The molecule has 0 atom stereocenters. The van der Waals surface area contributed by atoms with Crippen LogP contribution in [0.25, 0.3) is 23.1 Å². The molecule has 0 radical (unpaired) electrons. The molecule has 1 aromatic heterocycles. The summed E-state index contributed by atoms with van der Waals surface area (Å²) in [4.78, 5) is 22.4. The Bertz CT molecular complexity index is 1390. The standard InChI is InChI=1S/C31H31NO5S/c33-29(34)10-5-17-32-21-26(20-30(35)36)31-25(8-4-9-28(31)32)14-11-23-12-15-27(16-13-23)37-18-19-38-22-24-6-2-1-3-7-24/h1-4,6-9,11-16,21H,5,10,17-20,22H2,(H,33,34)(H,35,36). The zero-order valence-corrected chi connectivity index (χ0v) is 21.9. The summed E-state index contributed by atoms with van der Waals surface area (Å²) in [6, 6.07) is 24.2. The van der Waals surface area contributed by atoms with Crippen molar-refractivity contribution in [2.75, 3.05) is 12.4 Å². The largest absolute Gasteiger partial charge is 0.493 e.